The van der Waals surface area contributed by atoms with Gasteiger partial charge in [-0.05, 0) is 43.0 Å². The van der Waals surface area contributed by atoms with Gasteiger partial charge in [-0.2, -0.15) is 0 Å². The second-order valence-electron chi connectivity index (χ2n) is 5.84. The van der Waals surface area contributed by atoms with E-state index in [-0.39, 0.29) is 0 Å². The van der Waals surface area contributed by atoms with Crippen molar-refractivity contribution in [3.05, 3.63) is 22.7 Å². The van der Waals surface area contributed by atoms with Crippen LogP contribution in [0, 0.1) is 5.92 Å². The molecule has 4 nitrogen and oxygen atoms in total. The van der Waals surface area contributed by atoms with Gasteiger partial charge in [-0.25, -0.2) is 0 Å². The highest BCUT2D eigenvalue weighted by Crippen LogP contribution is 2.38. The molecule has 2 aliphatic rings. The summed E-state index contributed by atoms with van der Waals surface area (Å²) in [5.41, 5.74) is 1.18. The maximum atomic E-state index is 9.19. The van der Waals surface area contributed by atoms with Crippen LogP contribution in [0.25, 0.3) is 0 Å². The van der Waals surface area contributed by atoms with Crippen molar-refractivity contribution in [2.24, 2.45) is 5.92 Å². The Balaban J connectivity index is 1.63. The lowest BCUT2D eigenvalue weighted by Gasteiger charge is -2.16. The number of fused-ring (bicyclic) bond motifs is 1. The topological polar surface area (TPSA) is 41.9 Å². The van der Waals surface area contributed by atoms with Crippen LogP contribution < -0.4 is 9.47 Å². The molecule has 21 heavy (non-hydrogen) atoms. The van der Waals surface area contributed by atoms with Crippen molar-refractivity contribution in [3.63, 3.8) is 0 Å². The highest BCUT2D eigenvalue weighted by Gasteiger charge is 2.21. The quantitative estimate of drug-likeness (QED) is 0.927. The monoisotopic (exact) mass is 311 g/mol. The predicted octanol–water partition coefficient (Wildman–Crippen LogP) is 2.36. The number of hydrogen-bond acceptors (Lipinski definition) is 4. The van der Waals surface area contributed by atoms with Crippen LogP contribution in [0.1, 0.15) is 18.4 Å². The van der Waals surface area contributed by atoms with Gasteiger partial charge in [0.1, 0.15) is 0 Å². The lowest BCUT2D eigenvalue weighted by Crippen LogP contribution is -2.24. The van der Waals surface area contributed by atoms with Crippen LogP contribution in [0.4, 0.5) is 0 Å². The Morgan fingerprint density at radius 1 is 1.29 bits per heavy atom. The van der Waals surface area contributed by atoms with Gasteiger partial charge >= 0.3 is 0 Å². The maximum absolute atomic E-state index is 9.19. The van der Waals surface area contributed by atoms with E-state index in [1.54, 1.807) is 0 Å². The van der Waals surface area contributed by atoms with Gasteiger partial charge in [0.05, 0.1) is 18.2 Å². The van der Waals surface area contributed by atoms with Crippen molar-refractivity contribution >= 4 is 11.6 Å². The molecule has 0 aliphatic carbocycles. The molecule has 1 aromatic carbocycles. The molecule has 0 bridgehead atoms. The van der Waals surface area contributed by atoms with Crippen LogP contribution in [0.2, 0.25) is 5.02 Å². The summed E-state index contributed by atoms with van der Waals surface area (Å²) >= 11 is 6.31. The predicted molar refractivity (Wildman–Crippen MR) is 82.4 cm³/mol. The summed E-state index contributed by atoms with van der Waals surface area (Å²) in [7, 11) is 0. The lowest BCUT2D eigenvalue weighted by molar-refractivity contribution is 0.222. The van der Waals surface area contributed by atoms with Gasteiger partial charge in [-0.3, -0.25) is 0 Å². The summed E-state index contributed by atoms with van der Waals surface area (Å²) in [5, 5.41) is 9.83. The molecule has 5 heteroatoms. The van der Waals surface area contributed by atoms with Crippen molar-refractivity contribution in [1.82, 2.24) is 4.90 Å². The van der Waals surface area contributed by atoms with Crippen LogP contribution in [0.5, 0.6) is 11.5 Å². The van der Waals surface area contributed by atoms with E-state index in [1.165, 1.54) is 5.56 Å². The Morgan fingerprint density at radius 2 is 2.14 bits per heavy atom. The van der Waals surface area contributed by atoms with Crippen LogP contribution >= 0.6 is 11.6 Å². The zero-order chi connectivity index (χ0) is 14.7. The molecule has 2 aliphatic heterocycles. The van der Waals surface area contributed by atoms with Gasteiger partial charge in [0.2, 0.25) is 0 Å². The second kappa shape index (κ2) is 6.86. The third-order valence-corrected chi connectivity index (χ3v) is 4.49. The van der Waals surface area contributed by atoms with Crippen molar-refractivity contribution in [1.29, 1.82) is 0 Å². The molecule has 0 amide bonds. The smallest absolute Gasteiger partial charge is 0.179 e. The lowest BCUT2D eigenvalue weighted by atomic mass is 10.1. The van der Waals surface area contributed by atoms with Gasteiger partial charge < -0.3 is 19.5 Å². The van der Waals surface area contributed by atoms with Crippen molar-refractivity contribution in [2.75, 3.05) is 39.5 Å². The molecule has 1 N–H and O–H groups in total. The minimum atomic E-state index is 0.298. The maximum Gasteiger partial charge on any atom is 0.179 e. The van der Waals surface area contributed by atoms with Crippen LogP contribution in [-0.2, 0) is 6.42 Å². The molecule has 1 saturated heterocycles. The number of aliphatic hydroxyl groups excluding tert-OH is 1. The first kappa shape index (κ1) is 14.9. The Hall–Kier alpha value is -0.970. The summed E-state index contributed by atoms with van der Waals surface area (Å²) in [6.45, 7) is 4.69. The Labute approximate surface area is 130 Å². The van der Waals surface area contributed by atoms with Gasteiger partial charge in [-0.1, -0.05) is 11.6 Å². The highest BCUT2D eigenvalue weighted by molar-refractivity contribution is 6.32. The van der Waals surface area contributed by atoms with Gasteiger partial charge in [0, 0.05) is 26.1 Å². The molecule has 1 atom stereocenters. The molecule has 0 radical (unpaired) electrons. The Morgan fingerprint density at radius 3 is 2.95 bits per heavy atom. The Bertz CT molecular complexity index is 495. The minimum absolute atomic E-state index is 0.298. The average Bonchev–Trinajstić information content (AvgIpc) is 2.82. The van der Waals surface area contributed by atoms with Gasteiger partial charge in [0.25, 0.3) is 0 Å². The molecular formula is C16H22ClNO3. The van der Waals surface area contributed by atoms with E-state index in [1.807, 2.05) is 12.1 Å². The number of benzene rings is 1. The van der Waals surface area contributed by atoms with E-state index in [0.29, 0.717) is 36.5 Å². The van der Waals surface area contributed by atoms with Crippen molar-refractivity contribution in [3.8, 4) is 11.5 Å². The van der Waals surface area contributed by atoms with E-state index in [9.17, 15) is 5.11 Å². The molecule has 0 aromatic heterocycles. The molecule has 3 rings (SSSR count). The van der Waals surface area contributed by atoms with E-state index in [4.69, 9.17) is 21.1 Å². The van der Waals surface area contributed by atoms with Crippen LogP contribution in [-0.4, -0.2) is 49.5 Å². The van der Waals surface area contributed by atoms with Crippen LogP contribution in [0.15, 0.2) is 12.1 Å². The van der Waals surface area contributed by atoms with Gasteiger partial charge in [0.15, 0.2) is 11.5 Å². The van der Waals surface area contributed by atoms with E-state index < -0.39 is 0 Å². The van der Waals surface area contributed by atoms with Crippen LogP contribution in [0.3, 0.4) is 0 Å². The number of aliphatic hydroxyl groups is 1. The highest BCUT2D eigenvalue weighted by atomic mass is 35.5. The molecular weight excluding hydrogens is 290 g/mol. The fourth-order valence-electron chi connectivity index (χ4n) is 2.98. The molecule has 116 valence electrons. The molecule has 1 aromatic rings. The summed E-state index contributed by atoms with van der Waals surface area (Å²) in [6.07, 6.45) is 2.92. The normalized spacial score (nSPS) is 22.3. The minimum Gasteiger partial charge on any atom is -0.489 e. The van der Waals surface area contributed by atoms with E-state index in [0.717, 1.165) is 44.6 Å². The fourth-order valence-corrected chi connectivity index (χ4v) is 3.27. The zero-order valence-electron chi connectivity index (χ0n) is 12.2. The number of rotatable bonds is 4. The largest absolute Gasteiger partial charge is 0.489 e. The summed E-state index contributed by atoms with van der Waals surface area (Å²) in [5.74, 6) is 1.89. The number of nitrogens with zero attached hydrogens (tertiary/aromatic N) is 1. The molecule has 1 fully saturated rings. The SMILES string of the molecule is OCC1CCN(CCc2cc(Cl)c3c(c2)OCCCO3)C1. The number of halogens is 1. The van der Waals surface area contributed by atoms with E-state index in [2.05, 4.69) is 4.90 Å². The fraction of sp³-hybridized carbons (Fsp3) is 0.625. The molecule has 0 spiro atoms. The zero-order valence-corrected chi connectivity index (χ0v) is 12.9. The Kier molecular flexibility index (Phi) is 4.88. The summed E-state index contributed by atoms with van der Waals surface area (Å²) < 4.78 is 11.4. The number of hydrogen-bond donors (Lipinski definition) is 1. The number of likely N-dealkylation sites (tertiary alicyclic amines) is 1. The van der Waals surface area contributed by atoms with Crippen molar-refractivity contribution in [2.45, 2.75) is 19.3 Å². The molecule has 2 heterocycles. The number of ether oxygens (including phenoxy) is 2. The van der Waals surface area contributed by atoms with Gasteiger partial charge in [-0.15, -0.1) is 0 Å². The third kappa shape index (κ3) is 3.62. The standard InChI is InChI=1S/C16H22ClNO3/c17-14-8-12(2-4-18-5-3-13(10-18)11-19)9-15-16(14)21-7-1-6-20-15/h8-9,13,19H,1-7,10-11H2. The first-order valence-corrected chi connectivity index (χ1v) is 8.05. The average molecular weight is 312 g/mol. The molecule has 0 saturated carbocycles. The summed E-state index contributed by atoms with van der Waals surface area (Å²) in [6, 6.07) is 4.03. The first-order chi connectivity index (χ1) is 10.3. The van der Waals surface area contributed by atoms with E-state index >= 15 is 0 Å². The summed E-state index contributed by atoms with van der Waals surface area (Å²) in [4.78, 5) is 2.40. The third-order valence-electron chi connectivity index (χ3n) is 4.21. The van der Waals surface area contributed by atoms with Crippen molar-refractivity contribution < 1.29 is 14.6 Å². The first-order valence-electron chi connectivity index (χ1n) is 7.67. The second-order valence-corrected chi connectivity index (χ2v) is 6.25. The molecule has 1 unspecified atom stereocenters.